The van der Waals surface area contributed by atoms with Crippen molar-refractivity contribution in [3.05, 3.63) is 28.5 Å². The van der Waals surface area contributed by atoms with Gasteiger partial charge in [0.1, 0.15) is 11.3 Å². The van der Waals surface area contributed by atoms with Gasteiger partial charge in [-0.05, 0) is 20.0 Å². The van der Waals surface area contributed by atoms with E-state index in [1.165, 1.54) is 0 Å². The molecule has 0 aliphatic rings. The van der Waals surface area contributed by atoms with Crippen molar-refractivity contribution in [2.45, 2.75) is 19.1 Å². The first-order valence-corrected chi connectivity index (χ1v) is 5.08. The normalized spacial score (nSPS) is 15.0. The molecule has 84 valence electrons. The van der Waals surface area contributed by atoms with E-state index in [4.69, 9.17) is 11.6 Å². The van der Waals surface area contributed by atoms with Crippen LogP contribution in [0.15, 0.2) is 12.1 Å². The summed E-state index contributed by atoms with van der Waals surface area (Å²) in [6, 6.07) is 3.27. The van der Waals surface area contributed by atoms with Crippen LogP contribution in [-0.2, 0) is 0 Å². The van der Waals surface area contributed by atoms with E-state index < -0.39 is 12.2 Å². The van der Waals surface area contributed by atoms with Crippen molar-refractivity contribution in [2.75, 3.05) is 13.6 Å². The van der Waals surface area contributed by atoms with Crippen LogP contribution in [0.25, 0.3) is 0 Å². The quantitative estimate of drug-likeness (QED) is 0.665. The van der Waals surface area contributed by atoms with Crippen LogP contribution in [0.1, 0.15) is 17.4 Å². The van der Waals surface area contributed by atoms with E-state index in [1.54, 1.807) is 26.1 Å². The van der Waals surface area contributed by atoms with Crippen molar-refractivity contribution in [1.29, 1.82) is 0 Å². The second kappa shape index (κ2) is 5.42. The van der Waals surface area contributed by atoms with Crippen LogP contribution >= 0.6 is 11.6 Å². The van der Waals surface area contributed by atoms with Crippen LogP contribution in [0.5, 0.6) is 0 Å². The van der Waals surface area contributed by atoms with Gasteiger partial charge >= 0.3 is 0 Å². The third kappa shape index (κ3) is 3.14. The van der Waals surface area contributed by atoms with Gasteiger partial charge in [-0.3, -0.25) is 0 Å². The number of nitrogens with one attached hydrogen (secondary N) is 1. The Morgan fingerprint density at radius 3 is 2.67 bits per heavy atom. The first-order valence-electron chi connectivity index (χ1n) is 4.70. The van der Waals surface area contributed by atoms with Crippen molar-refractivity contribution in [3.8, 4) is 0 Å². The molecule has 1 heterocycles. The summed E-state index contributed by atoms with van der Waals surface area (Å²) in [7, 11) is 1.71. The van der Waals surface area contributed by atoms with E-state index in [2.05, 4.69) is 10.3 Å². The molecule has 0 aliphatic carbocycles. The van der Waals surface area contributed by atoms with Crippen LogP contribution in [0.4, 0.5) is 0 Å². The molecule has 2 unspecified atom stereocenters. The Balaban J connectivity index is 2.86. The first kappa shape index (κ1) is 12.4. The lowest BCUT2D eigenvalue weighted by molar-refractivity contribution is 0.0196. The van der Waals surface area contributed by atoms with Crippen LogP contribution in [-0.4, -0.2) is 34.9 Å². The Bertz CT molecular complexity index is 333. The largest absolute Gasteiger partial charge is 0.389 e. The number of aliphatic hydroxyl groups is 2. The predicted octanol–water partition coefficient (Wildman–Crippen LogP) is 0.657. The fourth-order valence-corrected chi connectivity index (χ4v) is 1.57. The van der Waals surface area contributed by atoms with Gasteiger partial charge in [-0.2, -0.15) is 0 Å². The number of likely N-dealkylation sites (N-methyl/N-ethyl adjacent to an activating group) is 1. The SMILES string of the molecule is CNCC(O)C(O)c1ccc(Cl)nc1C. The predicted molar refractivity (Wildman–Crippen MR) is 58.9 cm³/mol. The number of halogens is 1. The number of hydrogen-bond acceptors (Lipinski definition) is 4. The molecule has 0 aromatic carbocycles. The standard InChI is InChI=1S/C10H15ClN2O2/c1-6-7(3-4-9(11)13-6)10(15)8(14)5-12-2/h3-4,8,10,12,14-15H,5H2,1-2H3. The molecule has 0 amide bonds. The highest BCUT2D eigenvalue weighted by Crippen LogP contribution is 2.20. The Morgan fingerprint density at radius 1 is 1.47 bits per heavy atom. The molecule has 15 heavy (non-hydrogen) atoms. The minimum absolute atomic E-state index is 0.323. The summed E-state index contributed by atoms with van der Waals surface area (Å²) >= 11 is 5.69. The molecule has 0 fully saturated rings. The van der Waals surface area contributed by atoms with Crippen LogP contribution in [0, 0.1) is 6.92 Å². The van der Waals surface area contributed by atoms with Gasteiger partial charge in [-0.15, -0.1) is 0 Å². The molecular formula is C10H15ClN2O2. The molecule has 1 aromatic heterocycles. The summed E-state index contributed by atoms with van der Waals surface area (Å²) < 4.78 is 0. The number of rotatable bonds is 4. The zero-order valence-corrected chi connectivity index (χ0v) is 9.49. The molecule has 2 atom stereocenters. The van der Waals surface area contributed by atoms with Crippen molar-refractivity contribution >= 4 is 11.6 Å². The third-order valence-electron chi connectivity index (χ3n) is 2.19. The van der Waals surface area contributed by atoms with Gasteiger partial charge in [0.25, 0.3) is 0 Å². The van der Waals surface area contributed by atoms with Crippen molar-refractivity contribution < 1.29 is 10.2 Å². The summed E-state index contributed by atoms with van der Waals surface area (Å²) in [5.41, 5.74) is 1.23. The van der Waals surface area contributed by atoms with Gasteiger partial charge in [-0.25, -0.2) is 4.98 Å². The smallest absolute Gasteiger partial charge is 0.129 e. The Labute approximate surface area is 93.9 Å². The maximum absolute atomic E-state index is 9.82. The van der Waals surface area contributed by atoms with Crippen LogP contribution in [0.2, 0.25) is 5.15 Å². The monoisotopic (exact) mass is 230 g/mol. The molecule has 0 aliphatic heterocycles. The van der Waals surface area contributed by atoms with E-state index in [-0.39, 0.29) is 0 Å². The minimum atomic E-state index is -0.942. The molecule has 4 nitrogen and oxygen atoms in total. The topological polar surface area (TPSA) is 65.4 Å². The van der Waals surface area contributed by atoms with E-state index in [0.717, 1.165) is 0 Å². The van der Waals surface area contributed by atoms with Gasteiger partial charge in [-0.1, -0.05) is 17.7 Å². The number of hydrogen-bond donors (Lipinski definition) is 3. The molecule has 0 radical (unpaired) electrons. The maximum Gasteiger partial charge on any atom is 0.129 e. The van der Waals surface area contributed by atoms with Gasteiger partial charge in [0.2, 0.25) is 0 Å². The Kier molecular flexibility index (Phi) is 4.47. The van der Waals surface area contributed by atoms with E-state index >= 15 is 0 Å². The number of pyridine rings is 1. The number of aromatic nitrogens is 1. The summed E-state index contributed by atoms with van der Waals surface area (Å²) in [6.07, 6.45) is -1.79. The van der Waals surface area contributed by atoms with E-state index in [9.17, 15) is 10.2 Å². The number of aliphatic hydroxyl groups excluding tert-OH is 2. The summed E-state index contributed by atoms with van der Waals surface area (Å²) in [6.45, 7) is 2.07. The minimum Gasteiger partial charge on any atom is -0.389 e. The molecule has 1 rings (SSSR count). The second-order valence-corrected chi connectivity index (χ2v) is 3.77. The molecule has 5 heteroatoms. The molecule has 0 spiro atoms. The lowest BCUT2D eigenvalue weighted by Crippen LogP contribution is -2.30. The van der Waals surface area contributed by atoms with E-state index in [1.807, 2.05) is 0 Å². The Morgan fingerprint density at radius 2 is 2.13 bits per heavy atom. The van der Waals surface area contributed by atoms with Crippen LogP contribution in [0.3, 0.4) is 0 Å². The van der Waals surface area contributed by atoms with Gasteiger partial charge in [0.05, 0.1) is 6.10 Å². The van der Waals surface area contributed by atoms with Crippen molar-refractivity contribution in [1.82, 2.24) is 10.3 Å². The maximum atomic E-state index is 9.82. The van der Waals surface area contributed by atoms with Gasteiger partial charge in [0, 0.05) is 17.8 Å². The molecule has 1 aromatic rings. The number of aryl methyl sites for hydroxylation is 1. The summed E-state index contributed by atoms with van der Waals surface area (Å²) in [5.74, 6) is 0. The third-order valence-corrected chi connectivity index (χ3v) is 2.40. The van der Waals surface area contributed by atoms with Crippen molar-refractivity contribution in [2.24, 2.45) is 0 Å². The van der Waals surface area contributed by atoms with Crippen molar-refractivity contribution in [3.63, 3.8) is 0 Å². The zero-order chi connectivity index (χ0) is 11.4. The highest BCUT2D eigenvalue weighted by Gasteiger charge is 2.19. The summed E-state index contributed by atoms with van der Waals surface area (Å²) in [5, 5.41) is 22.6. The van der Waals surface area contributed by atoms with Crippen LogP contribution < -0.4 is 5.32 Å². The fraction of sp³-hybridized carbons (Fsp3) is 0.500. The second-order valence-electron chi connectivity index (χ2n) is 3.38. The lowest BCUT2D eigenvalue weighted by Gasteiger charge is -2.19. The number of nitrogens with zero attached hydrogens (tertiary/aromatic N) is 1. The zero-order valence-electron chi connectivity index (χ0n) is 8.74. The molecule has 0 saturated carbocycles. The molecule has 0 saturated heterocycles. The highest BCUT2D eigenvalue weighted by atomic mass is 35.5. The Hall–Kier alpha value is -0.680. The first-order chi connectivity index (χ1) is 7.06. The molecule has 3 N–H and O–H groups in total. The molecular weight excluding hydrogens is 216 g/mol. The van der Waals surface area contributed by atoms with Gasteiger partial charge in [0.15, 0.2) is 0 Å². The van der Waals surface area contributed by atoms with Gasteiger partial charge < -0.3 is 15.5 Å². The lowest BCUT2D eigenvalue weighted by atomic mass is 10.0. The summed E-state index contributed by atoms with van der Waals surface area (Å²) in [4.78, 5) is 4.01. The molecule has 0 bridgehead atoms. The average molecular weight is 231 g/mol. The van der Waals surface area contributed by atoms with E-state index in [0.29, 0.717) is 23.0 Å². The average Bonchev–Trinajstić information content (AvgIpc) is 2.17. The fourth-order valence-electron chi connectivity index (χ4n) is 1.38. The highest BCUT2D eigenvalue weighted by molar-refractivity contribution is 6.29.